The van der Waals surface area contributed by atoms with Crippen LogP contribution in [0.3, 0.4) is 0 Å². The fourth-order valence-corrected chi connectivity index (χ4v) is 2.22. The van der Waals surface area contributed by atoms with Gasteiger partial charge in [-0.1, -0.05) is 0 Å². The fourth-order valence-electron chi connectivity index (χ4n) is 2.22. The normalized spacial score (nSPS) is 21.0. The molecule has 6 nitrogen and oxygen atoms in total. The molecule has 1 aromatic carbocycles. The van der Waals surface area contributed by atoms with Crippen molar-refractivity contribution in [1.29, 1.82) is 0 Å². The number of amides is 1. The number of benzene rings is 1. The van der Waals surface area contributed by atoms with Gasteiger partial charge in [0.1, 0.15) is 11.5 Å². The predicted octanol–water partition coefficient (Wildman–Crippen LogP) is 2.40. The van der Waals surface area contributed by atoms with Crippen molar-refractivity contribution in [3.63, 3.8) is 0 Å². The van der Waals surface area contributed by atoms with Crippen molar-refractivity contribution >= 4 is 11.5 Å². The maximum atomic E-state index is 12.2. The van der Waals surface area contributed by atoms with Crippen LogP contribution in [0.5, 0.6) is 11.5 Å². The Kier molecular flexibility index (Phi) is 4.66. The molecule has 1 aliphatic heterocycles. The third-order valence-corrected chi connectivity index (χ3v) is 3.52. The Hall–Kier alpha value is -2.42. The van der Waals surface area contributed by atoms with E-state index in [1.165, 1.54) is 39.3 Å². The van der Waals surface area contributed by atoms with Crippen LogP contribution < -0.4 is 14.8 Å². The first-order chi connectivity index (χ1) is 11.1. The minimum absolute atomic E-state index is 0.0757. The Bertz CT molecular complexity index is 686. The first-order valence-corrected chi connectivity index (χ1v) is 6.80. The third kappa shape index (κ3) is 3.40. The summed E-state index contributed by atoms with van der Waals surface area (Å²) in [6.45, 7) is 0.00615. The van der Waals surface area contributed by atoms with Crippen LogP contribution in [0.2, 0.25) is 0 Å². The highest BCUT2D eigenvalue weighted by molar-refractivity contribution is 6.23. The predicted molar refractivity (Wildman–Crippen MR) is 77.6 cm³/mol. The molecule has 0 aliphatic carbocycles. The molecule has 1 amide bonds. The van der Waals surface area contributed by atoms with Crippen LogP contribution in [0.25, 0.3) is 5.57 Å². The molecule has 24 heavy (non-hydrogen) atoms. The molecular formula is C15H16F3NO5. The first kappa shape index (κ1) is 17.9. The smallest absolute Gasteiger partial charge is 0.422 e. The number of halogens is 3. The second-order valence-corrected chi connectivity index (χ2v) is 5.18. The highest BCUT2D eigenvalue weighted by atomic mass is 19.4. The van der Waals surface area contributed by atoms with E-state index in [0.717, 1.165) is 0 Å². The van der Waals surface area contributed by atoms with Crippen LogP contribution >= 0.6 is 0 Å². The monoisotopic (exact) mass is 347 g/mol. The number of alkyl halides is 3. The molecule has 1 aliphatic rings. The third-order valence-electron chi connectivity index (χ3n) is 3.52. The van der Waals surface area contributed by atoms with Gasteiger partial charge in [0.05, 0.1) is 12.7 Å². The van der Waals surface area contributed by atoms with Gasteiger partial charge >= 0.3 is 6.18 Å². The molecule has 132 valence electrons. The molecule has 1 aromatic rings. The van der Waals surface area contributed by atoms with Crippen LogP contribution in [-0.4, -0.2) is 43.7 Å². The highest BCUT2D eigenvalue weighted by Crippen LogP contribution is 2.38. The quantitative estimate of drug-likeness (QED) is 0.855. The van der Waals surface area contributed by atoms with Gasteiger partial charge in [0, 0.05) is 18.7 Å². The van der Waals surface area contributed by atoms with E-state index in [1.807, 2.05) is 0 Å². The summed E-state index contributed by atoms with van der Waals surface area (Å²) in [6, 6.07) is 3.79. The van der Waals surface area contributed by atoms with Gasteiger partial charge in [0.25, 0.3) is 5.91 Å². The molecule has 0 saturated carbocycles. The maximum Gasteiger partial charge on any atom is 0.422 e. The molecule has 1 heterocycles. The lowest BCUT2D eigenvalue weighted by molar-refractivity contribution is -0.153. The van der Waals surface area contributed by atoms with Gasteiger partial charge < -0.3 is 24.6 Å². The minimum Gasteiger partial charge on any atom is -0.507 e. The second kappa shape index (κ2) is 6.23. The minimum atomic E-state index is -4.47. The van der Waals surface area contributed by atoms with Crippen molar-refractivity contribution in [2.75, 3.05) is 20.8 Å². The molecule has 2 rings (SSSR count). The number of carbonyl (C=O) groups excluding carboxylic acids is 1. The summed E-state index contributed by atoms with van der Waals surface area (Å²) in [5, 5.41) is 12.7. The molecule has 0 saturated heterocycles. The number of hydrogen-bond donors (Lipinski definition) is 2. The van der Waals surface area contributed by atoms with Crippen molar-refractivity contribution in [2.45, 2.75) is 18.8 Å². The average Bonchev–Trinajstić information content (AvgIpc) is 2.74. The van der Waals surface area contributed by atoms with Crippen LogP contribution in [0, 0.1) is 0 Å². The molecule has 0 radical (unpaired) electrons. The van der Waals surface area contributed by atoms with Gasteiger partial charge in [-0.2, -0.15) is 13.2 Å². The SMILES string of the molecule is COc1cc(OCC(F)(F)F)ccc1C1=C(O)C(C)(OC)NC1=O. The summed E-state index contributed by atoms with van der Waals surface area (Å²) >= 11 is 0. The summed E-state index contributed by atoms with van der Waals surface area (Å²) in [5.74, 6) is -0.955. The van der Waals surface area contributed by atoms with E-state index in [-0.39, 0.29) is 28.4 Å². The molecule has 9 heteroatoms. The van der Waals surface area contributed by atoms with Crippen LogP contribution in [-0.2, 0) is 9.53 Å². The number of ether oxygens (including phenoxy) is 3. The number of aliphatic hydroxyl groups excluding tert-OH is 1. The van der Waals surface area contributed by atoms with Crippen LogP contribution in [0.15, 0.2) is 24.0 Å². The number of nitrogens with one attached hydrogen (secondary N) is 1. The summed E-state index contributed by atoms with van der Waals surface area (Å²) in [6.07, 6.45) is -4.47. The van der Waals surface area contributed by atoms with Crippen molar-refractivity contribution in [2.24, 2.45) is 0 Å². The molecule has 0 aromatic heterocycles. The van der Waals surface area contributed by atoms with Crippen molar-refractivity contribution < 1.29 is 37.3 Å². The Morgan fingerprint density at radius 1 is 1.29 bits per heavy atom. The Morgan fingerprint density at radius 2 is 1.96 bits per heavy atom. The molecule has 0 spiro atoms. The van der Waals surface area contributed by atoms with E-state index >= 15 is 0 Å². The Labute approximate surface area is 135 Å². The second-order valence-electron chi connectivity index (χ2n) is 5.18. The van der Waals surface area contributed by atoms with Gasteiger partial charge in [-0.25, -0.2) is 0 Å². The van der Waals surface area contributed by atoms with Gasteiger partial charge in [0.2, 0.25) is 0 Å². The van der Waals surface area contributed by atoms with E-state index in [1.54, 1.807) is 0 Å². The summed E-state index contributed by atoms with van der Waals surface area (Å²) in [5.41, 5.74) is -1.27. The lowest BCUT2D eigenvalue weighted by atomic mass is 10.0. The van der Waals surface area contributed by atoms with Crippen LogP contribution in [0.1, 0.15) is 12.5 Å². The highest BCUT2D eigenvalue weighted by Gasteiger charge is 2.43. The Morgan fingerprint density at radius 3 is 2.46 bits per heavy atom. The largest absolute Gasteiger partial charge is 0.507 e. The lowest BCUT2D eigenvalue weighted by Crippen LogP contribution is -2.43. The van der Waals surface area contributed by atoms with Crippen molar-refractivity contribution in [1.82, 2.24) is 5.32 Å². The number of aliphatic hydroxyl groups is 1. The van der Waals surface area contributed by atoms with Crippen LogP contribution in [0.4, 0.5) is 13.2 Å². The Balaban J connectivity index is 2.40. The molecule has 0 fully saturated rings. The molecular weight excluding hydrogens is 331 g/mol. The van der Waals surface area contributed by atoms with Gasteiger partial charge in [0.15, 0.2) is 18.1 Å². The van der Waals surface area contributed by atoms with Gasteiger partial charge in [-0.05, 0) is 19.1 Å². The number of rotatable bonds is 5. The number of carbonyl (C=O) groups is 1. The lowest BCUT2D eigenvalue weighted by Gasteiger charge is -2.22. The molecule has 0 bridgehead atoms. The summed E-state index contributed by atoms with van der Waals surface area (Å²) < 4.78 is 51.5. The van der Waals surface area contributed by atoms with Crippen molar-refractivity contribution in [3.8, 4) is 11.5 Å². The summed E-state index contributed by atoms with van der Waals surface area (Å²) in [4.78, 5) is 12.1. The van der Waals surface area contributed by atoms with E-state index in [2.05, 4.69) is 10.1 Å². The molecule has 1 atom stereocenters. The van der Waals surface area contributed by atoms with E-state index in [4.69, 9.17) is 9.47 Å². The topological polar surface area (TPSA) is 77.0 Å². The standard InChI is InChI=1S/C15H16F3NO5/c1-14(23-3)12(20)11(13(21)19-14)9-5-4-8(6-10(9)22-2)24-7-15(16,17)18/h4-6,20H,7H2,1-3H3,(H,19,21). The summed E-state index contributed by atoms with van der Waals surface area (Å²) in [7, 11) is 2.59. The van der Waals surface area contributed by atoms with E-state index in [9.17, 15) is 23.1 Å². The van der Waals surface area contributed by atoms with E-state index < -0.39 is 24.4 Å². The van der Waals surface area contributed by atoms with E-state index in [0.29, 0.717) is 0 Å². The molecule has 1 unspecified atom stereocenters. The molecule has 2 N–H and O–H groups in total. The maximum absolute atomic E-state index is 12.2. The number of methoxy groups -OCH3 is 2. The number of hydrogen-bond acceptors (Lipinski definition) is 5. The zero-order chi connectivity index (χ0) is 18.1. The van der Waals surface area contributed by atoms with Gasteiger partial charge in [-0.15, -0.1) is 0 Å². The first-order valence-electron chi connectivity index (χ1n) is 6.80. The zero-order valence-electron chi connectivity index (χ0n) is 13.2. The average molecular weight is 347 g/mol. The fraction of sp³-hybridized carbons (Fsp3) is 0.400. The van der Waals surface area contributed by atoms with Crippen molar-refractivity contribution in [3.05, 3.63) is 29.5 Å². The zero-order valence-corrected chi connectivity index (χ0v) is 13.2. The van der Waals surface area contributed by atoms with Gasteiger partial charge in [-0.3, -0.25) is 4.79 Å².